The summed E-state index contributed by atoms with van der Waals surface area (Å²) in [5, 5.41) is 1.23. The van der Waals surface area contributed by atoms with Crippen LogP contribution in [0.15, 0.2) is 47.4 Å². The number of anilines is 1. The molecule has 4 rings (SSSR count). The molecule has 182 valence electrons. The summed E-state index contributed by atoms with van der Waals surface area (Å²) >= 11 is 7.54. The lowest BCUT2D eigenvalue weighted by Gasteiger charge is -2.33. The first-order valence-electron chi connectivity index (χ1n) is 10.9. The van der Waals surface area contributed by atoms with Gasteiger partial charge in [-0.05, 0) is 69.4 Å². The van der Waals surface area contributed by atoms with Crippen LogP contribution in [0.1, 0.15) is 12.8 Å². The van der Waals surface area contributed by atoms with Gasteiger partial charge in [0.15, 0.2) is 5.13 Å². The predicted molar refractivity (Wildman–Crippen MR) is 133 cm³/mol. The third kappa shape index (κ3) is 5.41. The van der Waals surface area contributed by atoms with Gasteiger partial charge in [0.2, 0.25) is 15.9 Å². The number of thiazole rings is 1. The van der Waals surface area contributed by atoms with E-state index in [9.17, 15) is 17.6 Å². The van der Waals surface area contributed by atoms with Crippen LogP contribution >= 0.6 is 22.9 Å². The van der Waals surface area contributed by atoms with Gasteiger partial charge in [-0.3, -0.25) is 9.69 Å². The van der Waals surface area contributed by atoms with E-state index in [1.165, 1.54) is 27.8 Å². The molecular weight excluding hydrogens is 499 g/mol. The van der Waals surface area contributed by atoms with E-state index in [0.29, 0.717) is 36.1 Å². The Balaban J connectivity index is 1.50. The Labute approximate surface area is 207 Å². The van der Waals surface area contributed by atoms with Crippen molar-refractivity contribution in [2.24, 2.45) is 5.92 Å². The number of likely N-dealkylation sites (N-methyl/N-ethyl adjacent to an activating group) is 1. The fourth-order valence-corrected chi connectivity index (χ4v) is 6.66. The van der Waals surface area contributed by atoms with Crippen LogP contribution in [0.5, 0.6) is 0 Å². The minimum atomic E-state index is -3.73. The number of fused-ring (bicyclic) bond motifs is 1. The summed E-state index contributed by atoms with van der Waals surface area (Å²) in [6.07, 6.45) is 0.822. The van der Waals surface area contributed by atoms with Crippen molar-refractivity contribution in [3.8, 4) is 0 Å². The molecule has 0 aliphatic carbocycles. The number of carbonyl (C=O) groups is 1. The standard InChI is InChI=1S/C23H26ClFN4O3S2/c1-27(2)13-14-29(23-26-20-8-3-17(24)15-21(20)33-23)22(30)16-9-11-28(12-10-16)34(31,32)19-6-4-18(25)5-7-19/h3-8,15-16H,9-14H2,1-2H3. The Kier molecular flexibility index (Phi) is 7.54. The molecule has 1 amide bonds. The summed E-state index contributed by atoms with van der Waals surface area (Å²) in [5.41, 5.74) is 0.785. The predicted octanol–water partition coefficient (Wildman–Crippen LogP) is 4.08. The largest absolute Gasteiger partial charge is 0.308 e. The highest BCUT2D eigenvalue weighted by Gasteiger charge is 2.35. The lowest BCUT2D eigenvalue weighted by Crippen LogP contribution is -2.46. The summed E-state index contributed by atoms with van der Waals surface area (Å²) in [6, 6.07) is 10.3. The fourth-order valence-electron chi connectivity index (χ4n) is 3.92. The van der Waals surface area contributed by atoms with Crippen molar-refractivity contribution in [2.75, 3.05) is 45.2 Å². The first-order chi connectivity index (χ1) is 16.1. The summed E-state index contributed by atoms with van der Waals surface area (Å²) in [4.78, 5) is 22.0. The zero-order chi connectivity index (χ0) is 24.5. The number of sulfonamides is 1. The second-order valence-corrected chi connectivity index (χ2v) is 11.9. The molecule has 1 aliphatic heterocycles. The SMILES string of the molecule is CN(C)CCN(C(=O)C1CCN(S(=O)(=O)c2ccc(F)cc2)CC1)c1nc2ccc(Cl)cc2s1. The number of halogens is 2. The van der Waals surface area contributed by atoms with Gasteiger partial charge < -0.3 is 4.90 Å². The highest BCUT2D eigenvalue weighted by atomic mass is 35.5. The van der Waals surface area contributed by atoms with Gasteiger partial charge in [0.1, 0.15) is 5.82 Å². The van der Waals surface area contributed by atoms with Crippen LogP contribution in [-0.4, -0.2) is 68.8 Å². The van der Waals surface area contributed by atoms with E-state index in [-0.39, 0.29) is 29.8 Å². The molecule has 1 aliphatic rings. The Morgan fingerprint density at radius 1 is 1.15 bits per heavy atom. The fraction of sp³-hybridized carbons (Fsp3) is 0.391. The quantitative estimate of drug-likeness (QED) is 0.465. The topological polar surface area (TPSA) is 73.8 Å². The van der Waals surface area contributed by atoms with Crippen LogP contribution in [0.4, 0.5) is 9.52 Å². The molecule has 3 aromatic rings. The number of benzene rings is 2. The number of amides is 1. The van der Waals surface area contributed by atoms with Crippen LogP contribution in [-0.2, 0) is 14.8 Å². The second kappa shape index (κ2) is 10.2. The van der Waals surface area contributed by atoms with Gasteiger partial charge in [-0.15, -0.1) is 0 Å². The number of hydrogen-bond acceptors (Lipinski definition) is 6. The lowest BCUT2D eigenvalue weighted by molar-refractivity contribution is -0.123. The molecule has 0 saturated carbocycles. The molecule has 34 heavy (non-hydrogen) atoms. The van der Waals surface area contributed by atoms with Crippen LogP contribution in [0, 0.1) is 11.7 Å². The lowest BCUT2D eigenvalue weighted by atomic mass is 9.96. The molecule has 7 nitrogen and oxygen atoms in total. The Morgan fingerprint density at radius 3 is 2.47 bits per heavy atom. The van der Waals surface area contributed by atoms with Crippen LogP contribution in [0.2, 0.25) is 5.02 Å². The zero-order valence-electron chi connectivity index (χ0n) is 18.9. The van der Waals surface area contributed by atoms with Crippen LogP contribution < -0.4 is 4.90 Å². The molecule has 2 aromatic carbocycles. The highest BCUT2D eigenvalue weighted by molar-refractivity contribution is 7.89. The van der Waals surface area contributed by atoms with Crippen molar-refractivity contribution in [3.63, 3.8) is 0 Å². The van der Waals surface area contributed by atoms with Gasteiger partial charge in [-0.2, -0.15) is 4.31 Å². The van der Waals surface area contributed by atoms with E-state index in [0.717, 1.165) is 22.3 Å². The van der Waals surface area contributed by atoms with E-state index in [4.69, 9.17) is 11.6 Å². The van der Waals surface area contributed by atoms with Crippen molar-refractivity contribution in [2.45, 2.75) is 17.7 Å². The molecule has 0 spiro atoms. The molecule has 11 heteroatoms. The summed E-state index contributed by atoms with van der Waals surface area (Å²) in [5.74, 6) is -0.846. The number of rotatable bonds is 7. The second-order valence-electron chi connectivity index (χ2n) is 8.53. The van der Waals surface area contributed by atoms with Gasteiger partial charge in [0.25, 0.3) is 0 Å². The maximum atomic E-state index is 13.6. The van der Waals surface area contributed by atoms with Crippen LogP contribution in [0.25, 0.3) is 10.2 Å². The molecule has 0 atom stereocenters. The first kappa shape index (κ1) is 25.0. The zero-order valence-corrected chi connectivity index (χ0v) is 21.3. The molecule has 1 aromatic heterocycles. The van der Waals surface area contributed by atoms with E-state index in [2.05, 4.69) is 4.98 Å². The monoisotopic (exact) mass is 524 g/mol. The molecule has 0 radical (unpaired) electrons. The van der Waals surface area contributed by atoms with E-state index < -0.39 is 15.8 Å². The number of aromatic nitrogens is 1. The maximum Gasteiger partial charge on any atom is 0.243 e. The first-order valence-corrected chi connectivity index (χ1v) is 13.6. The van der Waals surface area contributed by atoms with Crippen molar-refractivity contribution < 1.29 is 17.6 Å². The van der Waals surface area contributed by atoms with Crippen molar-refractivity contribution in [1.29, 1.82) is 0 Å². The summed E-state index contributed by atoms with van der Waals surface area (Å²) < 4.78 is 41.3. The molecule has 0 bridgehead atoms. The third-order valence-corrected chi connectivity index (χ3v) is 9.05. The molecule has 1 fully saturated rings. The van der Waals surface area contributed by atoms with Gasteiger partial charge in [0, 0.05) is 37.1 Å². The molecule has 0 N–H and O–H groups in total. The van der Waals surface area contributed by atoms with Crippen molar-refractivity contribution in [3.05, 3.63) is 53.3 Å². The van der Waals surface area contributed by atoms with Crippen molar-refractivity contribution in [1.82, 2.24) is 14.2 Å². The Hall–Kier alpha value is -2.11. The number of nitrogens with zero attached hydrogens (tertiary/aromatic N) is 4. The van der Waals surface area contributed by atoms with E-state index >= 15 is 0 Å². The third-order valence-electron chi connectivity index (χ3n) is 5.86. The minimum Gasteiger partial charge on any atom is -0.308 e. The highest BCUT2D eigenvalue weighted by Crippen LogP contribution is 2.33. The van der Waals surface area contributed by atoms with Gasteiger partial charge in [-0.1, -0.05) is 22.9 Å². The summed E-state index contributed by atoms with van der Waals surface area (Å²) in [6.45, 7) is 1.61. The average molecular weight is 525 g/mol. The average Bonchev–Trinajstić information content (AvgIpc) is 3.22. The number of piperidine rings is 1. The van der Waals surface area contributed by atoms with Crippen molar-refractivity contribution >= 4 is 54.2 Å². The maximum absolute atomic E-state index is 13.6. The van der Waals surface area contributed by atoms with E-state index in [1.54, 1.807) is 11.0 Å². The van der Waals surface area contributed by atoms with Gasteiger partial charge in [-0.25, -0.2) is 17.8 Å². The van der Waals surface area contributed by atoms with Gasteiger partial charge >= 0.3 is 0 Å². The molecule has 0 unspecified atom stereocenters. The molecular formula is C23H26ClFN4O3S2. The van der Waals surface area contributed by atoms with Crippen LogP contribution in [0.3, 0.4) is 0 Å². The number of hydrogen-bond donors (Lipinski definition) is 0. The Bertz CT molecular complexity index is 1270. The minimum absolute atomic E-state index is 0.0502. The molecule has 2 heterocycles. The normalized spacial score (nSPS) is 15.8. The van der Waals surface area contributed by atoms with E-state index in [1.807, 2.05) is 31.1 Å². The van der Waals surface area contributed by atoms with Gasteiger partial charge in [0.05, 0.1) is 15.1 Å². The summed E-state index contributed by atoms with van der Waals surface area (Å²) in [7, 11) is 0.157. The smallest absolute Gasteiger partial charge is 0.243 e. The molecule has 1 saturated heterocycles. The number of carbonyl (C=O) groups excluding carboxylic acids is 1. The Morgan fingerprint density at radius 2 is 1.82 bits per heavy atom.